The molecule has 0 spiro atoms. The van der Waals surface area contributed by atoms with Gasteiger partial charge in [0.2, 0.25) is 11.4 Å². The highest BCUT2D eigenvalue weighted by Crippen LogP contribution is 2.31. The van der Waals surface area contributed by atoms with Crippen LogP contribution >= 0.6 is 0 Å². The Labute approximate surface area is 86.1 Å². The highest BCUT2D eigenvalue weighted by atomic mass is 16.4. The molecule has 0 aliphatic carbocycles. The normalized spacial score (nSPS) is 24.4. The van der Waals surface area contributed by atoms with Crippen LogP contribution in [0, 0.1) is 5.41 Å². The maximum atomic E-state index is 11.1. The van der Waals surface area contributed by atoms with Crippen molar-refractivity contribution in [3.8, 4) is 0 Å². The van der Waals surface area contributed by atoms with Gasteiger partial charge in [0, 0.05) is 11.8 Å². The Hall–Kier alpha value is -1.79. The van der Waals surface area contributed by atoms with E-state index in [1.165, 1.54) is 0 Å². The maximum absolute atomic E-state index is 11.1. The number of nitrogens with zero attached hydrogens (tertiary/aromatic N) is 3. The zero-order chi connectivity index (χ0) is 11.7. The molecule has 0 aromatic rings. The summed E-state index contributed by atoms with van der Waals surface area (Å²) in [6, 6.07) is 0. The number of nitrogens with two attached hydrogens (primary N) is 1. The highest BCUT2D eigenvalue weighted by Gasteiger charge is 2.46. The largest absolute Gasteiger partial charge is 0.479 e. The van der Waals surface area contributed by atoms with E-state index < -0.39 is 22.8 Å². The summed E-state index contributed by atoms with van der Waals surface area (Å²) in [6.07, 6.45) is 1.05. The predicted molar refractivity (Wildman–Crippen MR) is 51.3 cm³/mol. The lowest BCUT2D eigenvalue weighted by atomic mass is 9.78. The summed E-state index contributed by atoms with van der Waals surface area (Å²) in [4.78, 5) is 22.1. The molecule has 3 N–H and O–H groups in total. The van der Waals surface area contributed by atoms with Crippen LogP contribution in [0.2, 0.25) is 0 Å². The van der Waals surface area contributed by atoms with Crippen molar-refractivity contribution < 1.29 is 14.7 Å². The summed E-state index contributed by atoms with van der Waals surface area (Å²) in [7, 11) is 0. The monoisotopic (exact) mass is 212 g/mol. The number of carboxylic acid groups (broad SMARTS) is 1. The molecule has 1 atom stereocenters. The molecule has 1 amide bonds. The second-order valence-electron chi connectivity index (χ2n) is 4.09. The molecule has 0 aromatic heterocycles. The first-order valence-corrected chi connectivity index (χ1v) is 4.30. The second kappa shape index (κ2) is 3.41. The average Bonchev–Trinajstić information content (AvgIpc) is 2.53. The Kier molecular flexibility index (Phi) is 2.57. The summed E-state index contributed by atoms with van der Waals surface area (Å²) in [5.74, 6) is -1.78. The van der Waals surface area contributed by atoms with E-state index >= 15 is 0 Å². The van der Waals surface area contributed by atoms with Crippen LogP contribution in [-0.4, -0.2) is 28.7 Å². The quantitative estimate of drug-likeness (QED) is 0.691. The first-order chi connectivity index (χ1) is 6.80. The van der Waals surface area contributed by atoms with Gasteiger partial charge in [-0.05, 0) is 5.22 Å². The summed E-state index contributed by atoms with van der Waals surface area (Å²) in [5, 5.41) is 19.2. The molecule has 1 aliphatic rings. The van der Waals surface area contributed by atoms with Gasteiger partial charge >= 0.3 is 5.97 Å². The minimum absolute atomic E-state index is 0.0579. The van der Waals surface area contributed by atoms with Crippen LogP contribution in [0.1, 0.15) is 20.3 Å². The van der Waals surface area contributed by atoms with Crippen molar-refractivity contribution in [1.29, 1.82) is 0 Å². The summed E-state index contributed by atoms with van der Waals surface area (Å²) < 4.78 is 0. The van der Waals surface area contributed by atoms with Crippen molar-refractivity contribution in [2.75, 3.05) is 0 Å². The van der Waals surface area contributed by atoms with Crippen molar-refractivity contribution in [1.82, 2.24) is 0 Å². The van der Waals surface area contributed by atoms with Crippen LogP contribution in [0.4, 0.5) is 0 Å². The van der Waals surface area contributed by atoms with Crippen molar-refractivity contribution in [2.45, 2.75) is 25.8 Å². The zero-order valence-electron chi connectivity index (χ0n) is 8.47. The smallest absolute Gasteiger partial charge is 0.339 e. The van der Waals surface area contributed by atoms with Crippen molar-refractivity contribution in [2.24, 2.45) is 26.6 Å². The first-order valence-electron chi connectivity index (χ1n) is 4.30. The van der Waals surface area contributed by atoms with Gasteiger partial charge in [-0.2, -0.15) is 0 Å². The topological polar surface area (TPSA) is 117 Å². The lowest BCUT2D eigenvalue weighted by Gasteiger charge is -2.26. The molecule has 0 saturated heterocycles. The number of carbonyl (C=O) groups excluding carboxylic acids is 1. The van der Waals surface area contributed by atoms with Gasteiger partial charge in [0.25, 0.3) is 0 Å². The molecule has 0 saturated carbocycles. The molecular weight excluding hydrogens is 200 g/mol. The van der Waals surface area contributed by atoms with Crippen LogP contribution in [0.25, 0.3) is 0 Å². The fourth-order valence-corrected chi connectivity index (χ4v) is 1.27. The number of primary amides is 1. The Balaban J connectivity index is 2.96. The van der Waals surface area contributed by atoms with Gasteiger partial charge < -0.3 is 10.8 Å². The average molecular weight is 212 g/mol. The zero-order valence-corrected chi connectivity index (χ0v) is 8.47. The molecule has 82 valence electrons. The van der Waals surface area contributed by atoms with Gasteiger partial charge in [0.1, 0.15) is 0 Å². The van der Waals surface area contributed by atoms with Crippen LogP contribution in [-0.2, 0) is 9.59 Å². The maximum Gasteiger partial charge on any atom is 0.339 e. The molecule has 7 nitrogen and oxygen atoms in total. The van der Waals surface area contributed by atoms with E-state index in [4.69, 9.17) is 10.8 Å². The van der Waals surface area contributed by atoms with E-state index in [2.05, 4.69) is 15.4 Å². The number of carbonyl (C=O) groups is 2. The molecule has 7 heteroatoms. The predicted octanol–water partition coefficient (Wildman–Crippen LogP) is 0.163. The molecule has 0 aromatic carbocycles. The Morgan fingerprint density at radius 1 is 1.53 bits per heavy atom. The number of hydrogen-bond acceptors (Lipinski definition) is 5. The van der Waals surface area contributed by atoms with E-state index in [9.17, 15) is 9.59 Å². The number of hydrogen-bond donors (Lipinski definition) is 2. The highest BCUT2D eigenvalue weighted by molar-refractivity contribution is 6.00. The third kappa shape index (κ3) is 2.00. The number of aliphatic carboxylic acids is 1. The third-order valence-electron chi connectivity index (χ3n) is 2.29. The molecule has 15 heavy (non-hydrogen) atoms. The number of amides is 1. The van der Waals surface area contributed by atoms with Crippen LogP contribution < -0.4 is 5.73 Å². The van der Waals surface area contributed by atoms with Gasteiger partial charge in [-0.15, -0.1) is 10.2 Å². The van der Waals surface area contributed by atoms with Gasteiger partial charge in [-0.3, -0.25) is 4.79 Å². The first kappa shape index (κ1) is 11.3. The number of rotatable bonds is 4. The molecule has 0 bridgehead atoms. The van der Waals surface area contributed by atoms with Crippen molar-refractivity contribution in [3.05, 3.63) is 0 Å². The van der Waals surface area contributed by atoms with Gasteiger partial charge in [-0.1, -0.05) is 13.8 Å². The summed E-state index contributed by atoms with van der Waals surface area (Å²) >= 11 is 0. The minimum Gasteiger partial charge on any atom is -0.479 e. The van der Waals surface area contributed by atoms with Crippen molar-refractivity contribution >= 4 is 18.1 Å². The third-order valence-corrected chi connectivity index (χ3v) is 2.29. The molecule has 1 unspecified atom stereocenters. The van der Waals surface area contributed by atoms with Crippen LogP contribution in [0.3, 0.4) is 0 Å². The Morgan fingerprint density at radius 3 is 2.47 bits per heavy atom. The van der Waals surface area contributed by atoms with Crippen molar-refractivity contribution in [3.63, 3.8) is 0 Å². The van der Waals surface area contributed by atoms with Gasteiger partial charge in [-0.25, -0.2) is 4.79 Å². The lowest BCUT2D eigenvalue weighted by molar-refractivity contribution is -0.142. The summed E-state index contributed by atoms with van der Waals surface area (Å²) in [5.41, 5.74) is 2.62. The molecule has 0 radical (unpaired) electrons. The lowest BCUT2D eigenvalue weighted by Crippen LogP contribution is -2.45. The minimum atomic E-state index is -1.56. The van der Waals surface area contributed by atoms with Gasteiger partial charge in [0.15, 0.2) is 0 Å². The fraction of sp³-hybridized carbons (Fsp3) is 0.625. The molecule has 1 aliphatic heterocycles. The molecular formula is C8H12N4O3. The fourth-order valence-electron chi connectivity index (χ4n) is 1.27. The second-order valence-corrected chi connectivity index (χ2v) is 4.09. The SMILES string of the molecule is CC(C)(CC1(C(=O)O)C=NN=N1)C(N)=O. The molecule has 0 fully saturated rings. The number of carboxylic acids is 1. The van der Waals surface area contributed by atoms with E-state index in [0.717, 1.165) is 6.21 Å². The van der Waals surface area contributed by atoms with E-state index in [1.807, 2.05) is 0 Å². The van der Waals surface area contributed by atoms with Crippen LogP contribution in [0.5, 0.6) is 0 Å². The van der Waals surface area contributed by atoms with E-state index in [1.54, 1.807) is 13.8 Å². The van der Waals surface area contributed by atoms with Crippen LogP contribution in [0.15, 0.2) is 15.4 Å². The standard InChI is InChI=1S/C8H12N4O3/c1-7(2,5(9)13)3-8(6(14)15)4-10-12-11-8/h4H,3H2,1-2H3,(H2,9,13)(H,14,15). The Morgan fingerprint density at radius 2 is 2.13 bits per heavy atom. The Bertz CT molecular complexity index is 347. The molecule has 1 heterocycles. The van der Waals surface area contributed by atoms with E-state index in [-0.39, 0.29) is 6.42 Å². The van der Waals surface area contributed by atoms with E-state index in [0.29, 0.717) is 0 Å². The summed E-state index contributed by atoms with van der Waals surface area (Å²) in [6.45, 7) is 3.11. The van der Waals surface area contributed by atoms with Gasteiger partial charge in [0.05, 0.1) is 6.21 Å². The molecule has 1 rings (SSSR count).